The van der Waals surface area contributed by atoms with Crippen molar-refractivity contribution < 1.29 is 23.1 Å². The van der Waals surface area contributed by atoms with Gasteiger partial charge in [-0.15, -0.1) is 0 Å². The van der Waals surface area contributed by atoms with Gasteiger partial charge in [0, 0.05) is 11.6 Å². The van der Waals surface area contributed by atoms with Crippen molar-refractivity contribution in [2.75, 3.05) is 0 Å². The maximum Gasteiger partial charge on any atom is 0.338 e. The Hall–Kier alpha value is -2.30. The fourth-order valence-corrected chi connectivity index (χ4v) is 1.58. The summed E-state index contributed by atoms with van der Waals surface area (Å²) in [6.07, 6.45) is 0. The molecule has 2 nitrogen and oxygen atoms in total. The van der Waals surface area contributed by atoms with E-state index in [2.05, 4.69) is 0 Å². The fraction of sp³-hybridized carbons (Fsp3) is 0. The number of carboxylic acid groups (broad SMARTS) is 1. The molecule has 0 amide bonds. The van der Waals surface area contributed by atoms with E-state index in [1.165, 1.54) is 12.1 Å². The largest absolute Gasteiger partial charge is 0.478 e. The second-order valence-electron chi connectivity index (χ2n) is 3.62. The van der Waals surface area contributed by atoms with E-state index in [0.29, 0.717) is 6.07 Å². The Bertz CT molecular complexity index is 624. The number of aromatic carboxylic acids is 1. The molecule has 0 spiro atoms. The van der Waals surface area contributed by atoms with Crippen LogP contribution in [0.15, 0.2) is 36.4 Å². The minimum atomic E-state index is -1.40. The first kappa shape index (κ1) is 12.2. The molecule has 0 saturated carbocycles. The minimum Gasteiger partial charge on any atom is -0.478 e. The van der Waals surface area contributed by atoms with Crippen LogP contribution in [0, 0.1) is 17.5 Å². The second kappa shape index (κ2) is 4.52. The second-order valence-corrected chi connectivity index (χ2v) is 3.62. The predicted octanol–water partition coefficient (Wildman–Crippen LogP) is 3.47. The van der Waals surface area contributed by atoms with Crippen molar-refractivity contribution in [3.8, 4) is 11.1 Å². The van der Waals surface area contributed by atoms with Gasteiger partial charge in [0.05, 0.1) is 5.56 Å². The highest BCUT2D eigenvalue weighted by Gasteiger charge is 2.13. The molecule has 0 aliphatic rings. The average Bonchev–Trinajstić information content (AvgIpc) is 2.28. The number of rotatable bonds is 2. The van der Waals surface area contributed by atoms with Gasteiger partial charge >= 0.3 is 5.97 Å². The first-order valence-corrected chi connectivity index (χ1v) is 4.97. The van der Waals surface area contributed by atoms with Crippen molar-refractivity contribution in [1.29, 1.82) is 0 Å². The predicted molar refractivity (Wildman–Crippen MR) is 58.7 cm³/mol. The van der Waals surface area contributed by atoms with E-state index < -0.39 is 29.0 Å². The molecule has 2 aromatic carbocycles. The molecule has 0 radical (unpaired) electrons. The summed E-state index contributed by atoms with van der Waals surface area (Å²) in [7, 11) is 0. The van der Waals surface area contributed by atoms with Gasteiger partial charge in [-0.2, -0.15) is 0 Å². The number of carboxylic acids is 1. The van der Waals surface area contributed by atoms with Crippen molar-refractivity contribution in [1.82, 2.24) is 0 Å². The van der Waals surface area contributed by atoms with Crippen LogP contribution >= 0.6 is 0 Å². The van der Waals surface area contributed by atoms with E-state index in [4.69, 9.17) is 5.11 Å². The van der Waals surface area contributed by atoms with Crippen LogP contribution in [0.25, 0.3) is 11.1 Å². The smallest absolute Gasteiger partial charge is 0.338 e. The molecule has 2 rings (SSSR count). The lowest BCUT2D eigenvalue weighted by molar-refractivity contribution is 0.0692. The van der Waals surface area contributed by atoms with E-state index in [9.17, 15) is 18.0 Å². The standard InChI is InChI=1S/C13H7F3O2/c14-8-2-4-9(12(16)6-8)7-1-3-10(13(17)18)11(15)5-7/h1-6H,(H,17,18). The molecule has 2 aromatic rings. The molecular weight excluding hydrogens is 245 g/mol. The van der Waals surface area contributed by atoms with E-state index >= 15 is 0 Å². The molecular formula is C13H7F3O2. The molecule has 1 N–H and O–H groups in total. The zero-order chi connectivity index (χ0) is 13.3. The third-order valence-corrected chi connectivity index (χ3v) is 2.44. The molecule has 0 aliphatic heterocycles. The van der Waals surface area contributed by atoms with Crippen molar-refractivity contribution in [2.45, 2.75) is 0 Å². The molecule has 0 fully saturated rings. The Morgan fingerprint density at radius 2 is 1.67 bits per heavy atom. The maximum atomic E-state index is 13.4. The summed E-state index contributed by atoms with van der Waals surface area (Å²) in [5.74, 6) is -3.95. The lowest BCUT2D eigenvalue weighted by Gasteiger charge is -2.05. The Morgan fingerprint density at radius 3 is 2.22 bits per heavy atom. The molecule has 0 aromatic heterocycles. The van der Waals surface area contributed by atoms with Crippen LogP contribution in [0.1, 0.15) is 10.4 Å². The fourth-order valence-electron chi connectivity index (χ4n) is 1.58. The third kappa shape index (κ3) is 2.20. The van der Waals surface area contributed by atoms with Crippen molar-refractivity contribution >= 4 is 5.97 Å². The van der Waals surface area contributed by atoms with E-state index in [1.807, 2.05) is 0 Å². The highest BCUT2D eigenvalue weighted by atomic mass is 19.1. The summed E-state index contributed by atoms with van der Waals surface area (Å²) in [4.78, 5) is 10.6. The highest BCUT2D eigenvalue weighted by Crippen LogP contribution is 2.25. The van der Waals surface area contributed by atoms with Crippen LogP contribution in [0.4, 0.5) is 13.2 Å². The quantitative estimate of drug-likeness (QED) is 0.888. The van der Waals surface area contributed by atoms with Gasteiger partial charge in [-0.3, -0.25) is 0 Å². The van der Waals surface area contributed by atoms with Crippen LogP contribution in [0.3, 0.4) is 0 Å². The number of benzene rings is 2. The van der Waals surface area contributed by atoms with Gasteiger partial charge in [-0.05, 0) is 29.8 Å². The summed E-state index contributed by atoms with van der Waals surface area (Å²) in [5, 5.41) is 8.65. The van der Waals surface area contributed by atoms with Crippen LogP contribution in [-0.4, -0.2) is 11.1 Å². The molecule has 0 atom stereocenters. The van der Waals surface area contributed by atoms with E-state index in [1.54, 1.807) is 0 Å². The van der Waals surface area contributed by atoms with E-state index in [-0.39, 0.29) is 11.1 Å². The van der Waals surface area contributed by atoms with Crippen LogP contribution < -0.4 is 0 Å². The van der Waals surface area contributed by atoms with Crippen molar-refractivity contribution in [2.24, 2.45) is 0 Å². The van der Waals surface area contributed by atoms with Crippen molar-refractivity contribution in [3.63, 3.8) is 0 Å². The van der Waals surface area contributed by atoms with Gasteiger partial charge in [0.15, 0.2) is 0 Å². The van der Waals surface area contributed by atoms with Gasteiger partial charge in [-0.25, -0.2) is 18.0 Å². The Balaban J connectivity index is 2.52. The molecule has 0 saturated heterocycles. The molecule has 0 heterocycles. The molecule has 5 heteroatoms. The Kier molecular flexibility index (Phi) is 3.06. The zero-order valence-corrected chi connectivity index (χ0v) is 8.95. The topological polar surface area (TPSA) is 37.3 Å². The summed E-state index contributed by atoms with van der Waals surface area (Å²) < 4.78 is 39.6. The van der Waals surface area contributed by atoms with E-state index in [0.717, 1.165) is 18.2 Å². The zero-order valence-electron chi connectivity index (χ0n) is 8.95. The number of hydrogen-bond acceptors (Lipinski definition) is 1. The SMILES string of the molecule is O=C(O)c1ccc(-c2ccc(F)cc2F)cc1F. The average molecular weight is 252 g/mol. The maximum absolute atomic E-state index is 13.4. The number of hydrogen-bond donors (Lipinski definition) is 1. The molecule has 0 bridgehead atoms. The summed E-state index contributed by atoms with van der Waals surface area (Å²) in [5.41, 5.74) is -0.344. The van der Waals surface area contributed by atoms with Crippen LogP contribution in [0.2, 0.25) is 0 Å². The lowest BCUT2D eigenvalue weighted by Crippen LogP contribution is -2.00. The van der Waals surface area contributed by atoms with Crippen molar-refractivity contribution in [3.05, 3.63) is 59.4 Å². The van der Waals surface area contributed by atoms with Crippen LogP contribution in [-0.2, 0) is 0 Å². The van der Waals surface area contributed by atoms with Gasteiger partial charge in [0.25, 0.3) is 0 Å². The normalized spacial score (nSPS) is 10.4. The van der Waals surface area contributed by atoms with Gasteiger partial charge < -0.3 is 5.11 Å². The number of carbonyl (C=O) groups is 1. The first-order chi connectivity index (χ1) is 8.49. The molecule has 18 heavy (non-hydrogen) atoms. The monoisotopic (exact) mass is 252 g/mol. The molecule has 0 aliphatic carbocycles. The lowest BCUT2D eigenvalue weighted by atomic mass is 10.0. The summed E-state index contributed by atoms with van der Waals surface area (Å²) in [6.45, 7) is 0. The number of halogens is 3. The highest BCUT2D eigenvalue weighted by molar-refractivity contribution is 5.88. The Labute approximate surface area is 100 Å². The Morgan fingerprint density at radius 1 is 0.944 bits per heavy atom. The molecule has 0 unspecified atom stereocenters. The first-order valence-electron chi connectivity index (χ1n) is 4.97. The van der Waals surface area contributed by atoms with Crippen LogP contribution in [0.5, 0.6) is 0 Å². The molecule has 92 valence electrons. The van der Waals surface area contributed by atoms with Gasteiger partial charge in [-0.1, -0.05) is 6.07 Å². The summed E-state index contributed by atoms with van der Waals surface area (Å²) >= 11 is 0. The van der Waals surface area contributed by atoms with Gasteiger partial charge in [0.2, 0.25) is 0 Å². The third-order valence-electron chi connectivity index (χ3n) is 2.44. The van der Waals surface area contributed by atoms with Gasteiger partial charge in [0.1, 0.15) is 17.5 Å². The summed E-state index contributed by atoms with van der Waals surface area (Å²) in [6, 6.07) is 6.10. The minimum absolute atomic E-state index is 0.00670.